The summed E-state index contributed by atoms with van der Waals surface area (Å²) in [5.74, 6) is 0.483. The molecule has 0 heterocycles. The van der Waals surface area contributed by atoms with Gasteiger partial charge in [-0.2, -0.15) is 0 Å². The first kappa shape index (κ1) is 15.9. The number of ketones is 1. The Morgan fingerprint density at radius 1 is 1.58 bits per heavy atom. The summed E-state index contributed by atoms with van der Waals surface area (Å²) in [5, 5.41) is 0. The van der Waals surface area contributed by atoms with Crippen molar-refractivity contribution in [2.45, 2.75) is 46.5 Å². The molecule has 3 heteroatoms. The van der Waals surface area contributed by atoms with E-state index in [4.69, 9.17) is 4.74 Å². The molecule has 1 aliphatic carbocycles. The molecule has 0 amide bonds. The normalized spacial score (nSPS) is 29.1. The molecule has 3 atom stereocenters. The third-order valence-electron chi connectivity index (χ3n) is 4.72. The maximum Gasteiger partial charge on any atom is 0.309 e. The van der Waals surface area contributed by atoms with Crippen molar-refractivity contribution in [1.82, 2.24) is 0 Å². The Morgan fingerprint density at radius 3 is 2.63 bits per heavy atom. The van der Waals surface area contributed by atoms with Crippen LogP contribution in [-0.4, -0.2) is 18.9 Å². The van der Waals surface area contributed by atoms with E-state index in [9.17, 15) is 9.59 Å². The van der Waals surface area contributed by atoms with Gasteiger partial charge in [0.05, 0.1) is 13.0 Å². The Hall–Kier alpha value is -1.12. The number of hydrogen-bond donors (Lipinski definition) is 0. The second-order valence-corrected chi connectivity index (χ2v) is 6.19. The molecule has 0 aromatic rings. The van der Waals surface area contributed by atoms with Gasteiger partial charge in [0.2, 0.25) is 0 Å². The van der Waals surface area contributed by atoms with Crippen molar-refractivity contribution in [3.8, 4) is 0 Å². The highest BCUT2D eigenvalue weighted by molar-refractivity contribution is 5.90. The summed E-state index contributed by atoms with van der Waals surface area (Å²) in [6.45, 7) is 9.92. The minimum absolute atomic E-state index is 0.203. The molecule has 0 spiro atoms. The fourth-order valence-corrected chi connectivity index (χ4v) is 3.06. The molecule has 1 aliphatic rings. The number of carbonyl (C=O) groups is 2. The number of Topliss-reactive ketones (excluding diaryl/α,β-unsaturated/α-hetero) is 1. The molecule has 19 heavy (non-hydrogen) atoms. The first-order chi connectivity index (χ1) is 8.86. The molecule has 108 valence electrons. The number of rotatable bonds is 5. The van der Waals surface area contributed by atoms with Gasteiger partial charge < -0.3 is 4.74 Å². The van der Waals surface area contributed by atoms with Gasteiger partial charge in [-0.05, 0) is 31.1 Å². The molecule has 0 aromatic heterocycles. The molecule has 0 saturated heterocycles. The van der Waals surface area contributed by atoms with E-state index in [1.165, 1.54) is 7.11 Å². The fourth-order valence-electron chi connectivity index (χ4n) is 3.06. The smallest absolute Gasteiger partial charge is 0.309 e. The highest BCUT2D eigenvalue weighted by Crippen LogP contribution is 2.45. The lowest BCUT2D eigenvalue weighted by molar-refractivity contribution is -0.157. The second kappa shape index (κ2) is 6.36. The SMILES string of the molecule is C=CCC(C(=O)OC)[C@]1(C)CC[C@@H](C(C)C)CC1=O. The molecule has 0 bridgehead atoms. The van der Waals surface area contributed by atoms with Gasteiger partial charge in [-0.3, -0.25) is 9.59 Å². The topological polar surface area (TPSA) is 43.4 Å². The van der Waals surface area contributed by atoms with Crippen molar-refractivity contribution in [3.63, 3.8) is 0 Å². The standard InChI is InChI=1S/C16H26O3/c1-6-7-13(15(18)19-5)16(4)9-8-12(11(2)3)10-14(16)17/h6,11-13H,1,7-10H2,2-5H3/t12-,13?,16+/m1/s1. The maximum atomic E-state index is 12.5. The fraction of sp³-hybridized carbons (Fsp3) is 0.750. The summed E-state index contributed by atoms with van der Waals surface area (Å²) >= 11 is 0. The first-order valence-electron chi connectivity index (χ1n) is 7.08. The minimum Gasteiger partial charge on any atom is -0.469 e. The maximum absolute atomic E-state index is 12.5. The van der Waals surface area contributed by atoms with Gasteiger partial charge >= 0.3 is 5.97 Å². The number of allylic oxidation sites excluding steroid dienone is 1. The molecule has 0 radical (unpaired) electrons. The molecule has 0 N–H and O–H groups in total. The number of ether oxygens (including phenoxy) is 1. The summed E-state index contributed by atoms with van der Waals surface area (Å²) < 4.78 is 4.87. The van der Waals surface area contributed by atoms with Crippen molar-refractivity contribution < 1.29 is 14.3 Å². The minimum atomic E-state index is -0.591. The predicted octanol–water partition coefficient (Wildman–Crippen LogP) is 3.38. The van der Waals surface area contributed by atoms with Crippen molar-refractivity contribution in [2.24, 2.45) is 23.2 Å². The summed E-state index contributed by atoms with van der Waals surface area (Å²) in [4.78, 5) is 24.5. The van der Waals surface area contributed by atoms with Crippen LogP contribution in [0.4, 0.5) is 0 Å². The molecule has 1 fully saturated rings. The van der Waals surface area contributed by atoms with Crippen LogP contribution in [0, 0.1) is 23.2 Å². The summed E-state index contributed by atoms with van der Waals surface area (Å²) in [5.41, 5.74) is -0.591. The van der Waals surface area contributed by atoms with Crippen LogP contribution >= 0.6 is 0 Å². The van der Waals surface area contributed by atoms with E-state index in [0.29, 0.717) is 24.7 Å². The van der Waals surface area contributed by atoms with E-state index in [1.807, 2.05) is 6.92 Å². The zero-order valence-electron chi connectivity index (χ0n) is 12.6. The van der Waals surface area contributed by atoms with Crippen LogP contribution in [0.5, 0.6) is 0 Å². The summed E-state index contributed by atoms with van der Waals surface area (Å²) in [6.07, 6.45) is 4.56. The van der Waals surface area contributed by atoms with Crippen LogP contribution in [0.25, 0.3) is 0 Å². The van der Waals surface area contributed by atoms with E-state index in [0.717, 1.165) is 12.8 Å². The number of carbonyl (C=O) groups excluding carboxylic acids is 2. The molecule has 0 aromatic carbocycles. The Morgan fingerprint density at radius 2 is 2.21 bits per heavy atom. The Labute approximate surface area is 116 Å². The first-order valence-corrected chi connectivity index (χ1v) is 7.08. The predicted molar refractivity (Wildman–Crippen MR) is 75.6 cm³/mol. The zero-order chi connectivity index (χ0) is 14.6. The number of hydrogen-bond acceptors (Lipinski definition) is 3. The molecule has 0 aliphatic heterocycles. The Kier molecular flexibility index (Phi) is 5.33. The van der Waals surface area contributed by atoms with Crippen molar-refractivity contribution in [3.05, 3.63) is 12.7 Å². The van der Waals surface area contributed by atoms with E-state index in [-0.39, 0.29) is 11.8 Å². The van der Waals surface area contributed by atoms with E-state index in [1.54, 1.807) is 6.08 Å². The molecule has 1 rings (SSSR count). The van der Waals surface area contributed by atoms with Crippen LogP contribution in [0.15, 0.2) is 12.7 Å². The van der Waals surface area contributed by atoms with Gasteiger partial charge in [0.15, 0.2) is 0 Å². The van der Waals surface area contributed by atoms with Crippen LogP contribution < -0.4 is 0 Å². The van der Waals surface area contributed by atoms with Gasteiger partial charge in [-0.15, -0.1) is 6.58 Å². The van der Waals surface area contributed by atoms with Gasteiger partial charge in [0.25, 0.3) is 0 Å². The second-order valence-electron chi connectivity index (χ2n) is 6.19. The lowest BCUT2D eigenvalue weighted by Crippen LogP contribution is -2.45. The monoisotopic (exact) mass is 266 g/mol. The highest BCUT2D eigenvalue weighted by atomic mass is 16.5. The van der Waals surface area contributed by atoms with E-state index in [2.05, 4.69) is 20.4 Å². The highest BCUT2D eigenvalue weighted by Gasteiger charge is 2.47. The number of esters is 1. The molecular formula is C16H26O3. The van der Waals surface area contributed by atoms with Crippen LogP contribution in [0.2, 0.25) is 0 Å². The van der Waals surface area contributed by atoms with Crippen molar-refractivity contribution >= 4 is 11.8 Å². The quantitative estimate of drug-likeness (QED) is 0.566. The zero-order valence-corrected chi connectivity index (χ0v) is 12.6. The van der Waals surface area contributed by atoms with Crippen molar-refractivity contribution in [2.75, 3.05) is 7.11 Å². The molecule has 3 nitrogen and oxygen atoms in total. The summed E-state index contributed by atoms with van der Waals surface area (Å²) in [6, 6.07) is 0. The molecular weight excluding hydrogens is 240 g/mol. The van der Waals surface area contributed by atoms with Crippen LogP contribution in [0.3, 0.4) is 0 Å². The molecule has 1 unspecified atom stereocenters. The Bertz CT molecular complexity index is 359. The van der Waals surface area contributed by atoms with Crippen LogP contribution in [0.1, 0.15) is 46.5 Å². The van der Waals surface area contributed by atoms with Gasteiger partial charge in [0.1, 0.15) is 5.78 Å². The van der Waals surface area contributed by atoms with Gasteiger partial charge in [0, 0.05) is 11.8 Å². The Balaban J connectivity index is 2.92. The average molecular weight is 266 g/mol. The lowest BCUT2D eigenvalue weighted by atomic mass is 9.61. The van der Waals surface area contributed by atoms with Gasteiger partial charge in [-0.1, -0.05) is 26.8 Å². The third kappa shape index (κ3) is 3.26. The third-order valence-corrected chi connectivity index (χ3v) is 4.72. The lowest BCUT2D eigenvalue weighted by Gasteiger charge is -2.41. The van der Waals surface area contributed by atoms with Crippen molar-refractivity contribution in [1.29, 1.82) is 0 Å². The number of methoxy groups -OCH3 is 1. The van der Waals surface area contributed by atoms with Crippen LogP contribution in [-0.2, 0) is 14.3 Å². The van der Waals surface area contributed by atoms with Gasteiger partial charge in [-0.25, -0.2) is 0 Å². The summed E-state index contributed by atoms with van der Waals surface area (Å²) in [7, 11) is 1.38. The van der Waals surface area contributed by atoms with E-state index < -0.39 is 11.3 Å². The molecule has 1 saturated carbocycles. The average Bonchev–Trinajstić information content (AvgIpc) is 2.38. The largest absolute Gasteiger partial charge is 0.469 e. The van der Waals surface area contributed by atoms with E-state index >= 15 is 0 Å².